The minimum absolute atomic E-state index is 0. The van der Waals surface area contributed by atoms with Crippen LogP contribution in [0.1, 0.15) is 19.3 Å². The highest BCUT2D eigenvalue weighted by Crippen LogP contribution is 2.50. The molecule has 0 aromatic carbocycles. The van der Waals surface area contributed by atoms with Crippen LogP contribution in [-0.2, 0) is 0 Å². The molecule has 8 heteroatoms. The van der Waals surface area contributed by atoms with E-state index in [1.807, 2.05) is 0 Å². The zero-order valence-electron chi connectivity index (χ0n) is 11.4. The lowest BCUT2D eigenvalue weighted by Crippen LogP contribution is -2.59. The molecule has 0 aliphatic carbocycles. The Hall–Kier alpha value is -0.690. The molecule has 0 saturated carbocycles. The number of hydrogen-bond acceptors (Lipinski definition) is 2. The highest BCUT2D eigenvalue weighted by Gasteiger charge is 2.56. The number of carbonyl (C=O) groups is 1. The number of alkyl halides is 3. The molecule has 1 spiro atoms. The van der Waals surface area contributed by atoms with Crippen molar-refractivity contribution < 1.29 is 18.0 Å². The fourth-order valence-electron chi connectivity index (χ4n) is 3.43. The average Bonchev–Trinajstić information content (AvgIpc) is 2.37. The standard InChI is InChI=1S/C12H20F3N3O.ClH/c1-16-10(19)18-7-2-9(12(13,14)15)11(8-18)3-5-17-6-4-11;/h9,17H,2-8H2,1H3,(H,16,19);1H/t9-;/m0./s1. The van der Waals surface area contributed by atoms with Crippen LogP contribution in [0.25, 0.3) is 0 Å². The van der Waals surface area contributed by atoms with Crippen LogP contribution >= 0.6 is 12.4 Å². The summed E-state index contributed by atoms with van der Waals surface area (Å²) in [6.07, 6.45) is -3.21. The van der Waals surface area contributed by atoms with Crippen molar-refractivity contribution in [3.05, 3.63) is 0 Å². The van der Waals surface area contributed by atoms with Gasteiger partial charge in [-0.15, -0.1) is 12.4 Å². The molecular formula is C12H21ClF3N3O. The van der Waals surface area contributed by atoms with E-state index in [-0.39, 0.29) is 37.9 Å². The first-order valence-electron chi connectivity index (χ1n) is 6.63. The molecular weight excluding hydrogens is 295 g/mol. The smallest absolute Gasteiger partial charge is 0.341 e. The van der Waals surface area contributed by atoms with Gasteiger partial charge in [0.1, 0.15) is 0 Å². The zero-order valence-corrected chi connectivity index (χ0v) is 12.2. The Bertz CT molecular complexity index is 345. The minimum Gasteiger partial charge on any atom is -0.341 e. The van der Waals surface area contributed by atoms with Crippen molar-refractivity contribution in [3.8, 4) is 0 Å². The first kappa shape index (κ1) is 17.4. The summed E-state index contributed by atoms with van der Waals surface area (Å²) in [5.41, 5.74) is -0.811. The van der Waals surface area contributed by atoms with E-state index in [2.05, 4.69) is 10.6 Å². The van der Waals surface area contributed by atoms with E-state index in [0.29, 0.717) is 25.9 Å². The maximum Gasteiger partial charge on any atom is 0.392 e. The van der Waals surface area contributed by atoms with Crippen molar-refractivity contribution in [2.45, 2.75) is 25.4 Å². The van der Waals surface area contributed by atoms with Crippen LogP contribution in [0.4, 0.5) is 18.0 Å². The molecule has 0 radical (unpaired) electrons. The summed E-state index contributed by atoms with van der Waals surface area (Å²) < 4.78 is 39.7. The molecule has 0 bridgehead atoms. The Labute approximate surface area is 122 Å². The van der Waals surface area contributed by atoms with E-state index >= 15 is 0 Å². The van der Waals surface area contributed by atoms with Gasteiger partial charge in [-0.3, -0.25) is 0 Å². The van der Waals surface area contributed by atoms with E-state index < -0.39 is 17.5 Å². The molecule has 2 N–H and O–H groups in total. The fraction of sp³-hybridized carbons (Fsp3) is 0.917. The van der Waals surface area contributed by atoms with Gasteiger partial charge in [0.2, 0.25) is 0 Å². The molecule has 2 fully saturated rings. The number of rotatable bonds is 0. The van der Waals surface area contributed by atoms with E-state index in [9.17, 15) is 18.0 Å². The summed E-state index contributed by atoms with van der Waals surface area (Å²) in [6.45, 7) is 1.57. The third-order valence-corrected chi connectivity index (χ3v) is 4.43. The summed E-state index contributed by atoms with van der Waals surface area (Å²) in [7, 11) is 1.51. The molecule has 0 aromatic heterocycles. The monoisotopic (exact) mass is 315 g/mol. The van der Waals surface area contributed by atoms with Crippen LogP contribution in [0.15, 0.2) is 0 Å². The van der Waals surface area contributed by atoms with Gasteiger partial charge in [0.25, 0.3) is 0 Å². The molecule has 2 aliphatic rings. The average molecular weight is 316 g/mol. The molecule has 2 saturated heterocycles. The molecule has 0 unspecified atom stereocenters. The van der Waals surface area contributed by atoms with Crippen LogP contribution in [0.5, 0.6) is 0 Å². The molecule has 4 nitrogen and oxygen atoms in total. The molecule has 0 aromatic rings. The predicted octanol–water partition coefficient (Wildman–Crippen LogP) is 2.00. The van der Waals surface area contributed by atoms with Crippen molar-refractivity contribution in [2.24, 2.45) is 11.3 Å². The summed E-state index contributed by atoms with van der Waals surface area (Å²) in [5, 5.41) is 5.60. The minimum atomic E-state index is -4.17. The number of nitrogens with one attached hydrogen (secondary N) is 2. The van der Waals surface area contributed by atoms with Gasteiger partial charge < -0.3 is 15.5 Å². The highest BCUT2D eigenvalue weighted by molar-refractivity contribution is 5.85. The second-order valence-electron chi connectivity index (χ2n) is 5.47. The number of halogens is 4. The predicted molar refractivity (Wildman–Crippen MR) is 72.0 cm³/mol. The first-order valence-corrected chi connectivity index (χ1v) is 6.63. The number of nitrogens with zero attached hydrogens (tertiary/aromatic N) is 1. The van der Waals surface area contributed by atoms with Crippen molar-refractivity contribution in [1.29, 1.82) is 0 Å². The van der Waals surface area contributed by atoms with E-state index in [1.165, 1.54) is 11.9 Å². The van der Waals surface area contributed by atoms with E-state index in [4.69, 9.17) is 0 Å². The van der Waals surface area contributed by atoms with Gasteiger partial charge in [-0.05, 0) is 32.4 Å². The van der Waals surface area contributed by atoms with Crippen LogP contribution in [0, 0.1) is 11.3 Å². The lowest BCUT2D eigenvalue weighted by atomic mass is 9.65. The van der Waals surface area contributed by atoms with Gasteiger partial charge >= 0.3 is 12.2 Å². The normalized spacial score (nSPS) is 26.0. The van der Waals surface area contributed by atoms with Crippen molar-refractivity contribution >= 4 is 18.4 Å². The summed E-state index contributed by atoms with van der Waals surface area (Å²) in [6, 6.07) is -0.279. The molecule has 2 heterocycles. The van der Waals surface area contributed by atoms with Crippen LogP contribution in [-0.4, -0.2) is 50.3 Å². The second-order valence-corrected chi connectivity index (χ2v) is 5.47. The third-order valence-electron chi connectivity index (χ3n) is 4.43. The Morgan fingerprint density at radius 2 is 1.95 bits per heavy atom. The molecule has 2 aliphatic heterocycles. The lowest BCUT2D eigenvalue weighted by molar-refractivity contribution is -0.225. The number of urea groups is 1. The van der Waals surface area contributed by atoms with Gasteiger partial charge in [-0.2, -0.15) is 13.2 Å². The quantitative estimate of drug-likeness (QED) is 0.718. The first-order chi connectivity index (χ1) is 8.89. The van der Waals surface area contributed by atoms with Crippen LogP contribution in [0.2, 0.25) is 0 Å². The molecule has 2 rings (SSSR count). The zero-order chi connectivity index (χ0) is 14.1. The Morgan fingerprint density at radius 1 is 1.35 bits per heavy atom. The number of hydrogen-bond donors (Lipinski definition) is 2. The maximum atomic E-state index is 13.2. The van der Waals surface area contributed by atoms with E-state index in [0.717, 1.165) is 0 Å². The molecule has 2 amide bonds. The van der Waals surface area contributed by atoms with Crippen molar-refractivity contribution in [1.82, 2.24) is 15.5 Å². The van der Waals surface area contributed by atoms with Gasteiger partial charge in [-0.25, -0.2) is 4.79 Å². The van der Waals surface area contributed by atoms with Gasteiger partial charge in [0.05, 0.1) is 5.92 Å². The Kier molecular flexibility index (Phi) is 5.54. The van der Waals surface area contributed by atoms with Crippen LogP contribution in [0.3, 0.4) is 0 Å². The van der Waals surface area contributed by atoms with Crippen molar-refractivity contribution in [2.75, 3.05) is 33.2 Å². The number of carbonyl (C=O) groups excluding carboxylic acids is 1. The summed E-state index contributed by atoms with van der Waals surface area (Å²) in [5.74, 6) is -1.29. The third kappa shape index (κ3) is 3.31. The van der Waals surface area contributed by atoms with Gasteiger partial charge in [0.15, 0.2) is 0 Å². The number of amides is 2. The highest BCUT2D eigenvalue weighted by atomic mass is 35.5. The number of likely N-dealkylation sites (tertiary alicyclic amines) is 1. The summed E-state index contributed by atoms with van der Waals surface area (Å²) >= 11 is 0. The van der Waals surface area contributed by atoms with Crippen molar-refractivity contribution in [3.63, 3.8) is 0 Å². The largest absolute Gasteiger partial charge is 0.392 e. The fourth-order valence-corrected chi connectivity index (χ4v) is 3.43. The van der Waals surface area contributed by atoms with Crippen LogP contribution < -0.4 is 10.6 Å². The number of piperidine rings is 2. The van der Waals surface area contributed by atoms with Gasteiger partial charge in [-0.1, -0.05) is 0 Å². The Balaban J connectivity index is 0.00000200. The van der Waals surface area contributed by atoms with E-state index in [1.54, 1.807) is 0 Å². The SMILES string of the molecule is CNC(=O)N1CC[C@H](C(F)(F)F)C2(CCNCC2)C1.Cl. The van der Waals surface area contributed by atoms with Gasteiger partial charge in [0, 0.05) is 25.6 Å². The molecule has 20 heavy (non-hydrogen) atoms. The molecule has 118 valence electrons. The summed E-state index contributed by atoms with van der Waals surface area (Å²) in [4.78, 5) is 13.2. The Morgan fingerprint density at radius 3 is 2.45 bits per heavy atom. The second kappa shape index (κ2) is 6.39. The topological polar surface area (TPSA) is 44.4 Å². The molecule has 1 atom stereocenters. The lowest BCUT2D eigenvalue weighted by Gasteiger charge is -2.50. The maximum absolute atomic E-state index is 13.2.